The average molecular weight is 464 g/mol. The van der Waals surface area contributed by atoms with Crippen LogP contribution in [-0.4, -0.2) is 30.7 Å². The first-order valence-corrected chi connectivity index (χ1v) is 12.7. The molecule has 7 nitrogen and oxygen atoms in total. The Hall–Kier alpha value is -2.30. The molecule has 1 fully saturated rings. The molecule has 1 saturated carbocycles. The van der Waals surface area contributed by atoms with Crippen molar-refractivity contribution in [2.75, 3.05) is 6.26 Å². The average Bonchev–Trinajstić information content (AvgIpc) is 3.39. The van der Waals surface area contributed by atoms with E-state index in [-0.39, 0.29) is 18.5 Å². The van der Waals surface area contributed by atoms with Gasteiger partial charge in [-0.2, -0.15) is 0 Å². The molecule has 1 spiro atoms. The number of hydrogen-bond acceptors (Lipinski definition) is 7. The predicted octanol–water partition coefficient (Wildman–Crippen LogP) is 3.72. The van der Waals surface area contributed by atoms with Crippen molar-refractivity contribution < 1.29 is 22.0 Å². The maximum absolute atomic E-state index is 14.8. The van der Waals surface area contributed by atoms with Crippen molar-refractivity contribution in [1.82, 2.24) is 14.7 Å². The lowest BCUT2D eigenvalue weighted by atomic mass is 9.79. The zero-order valence-corrected chi connectivity index (χ0v) is 18.8. The summed E-state index contributed by atoms with van der Waals surface area (Å²) in [6, 6.07) is 4.86. The molecule has 164 valence electrons. The highest BCUT2D eigenvalue weighted by Gasteiger charge is 2.45. The van der Waals surface area contributed by atoms with Crippen LogP contribution in [0.2, 0.25) is 0 Å². The highest BCUT2D eigenvalue weighted by atomic mass is 32.2. The maximum atomic E-state index is 14.8. The lowest BCUT2D eigenvalue weighted by Crippen LogP contribution is -2.35. The van der Waals surface area contributed by atoms with Crippen LogP contribution < -0.4 is 9.46 Å². The number of aryl methyl sites for hydroxylation is 1. The fourth-order valence-electron chi connectivity index (χ4n) is 4.64. The second-order valence-corrected chi connectivity index (χ2v) is 11.4. The fourth-order valence-corrected chi connectivity index (χ4v) is 6.33. The molecule has 0 saturated heterocycles. The van der Waals surface area contributed by atoms with Gasteiger partial charge in [0.05, 0.1) is 16.7 Å². The Balaban J connectivity index is 1.61. The summed E-state index contributed by atoms with van der Waals surface area (Å²) in [6.45, 7) is 2.01. The summed E-state index contributed by atoms with van der Waals surface area (Å²) in [4.78, 5) is 9.75. The van der Waals surface area contributed by atoms with Crippen LogP contribution in [0.4, 0.5) is 4.39 Å². The van der Waals surface area contributed by atoms with Crippen molar-refractivity contribution in [3.8, 4) is 16.3 Å². The number of sulfonamides is 1. The standard InChI is InChI=1S/C21H22FN3O4S2/c1-12-23-19-18(30-12)16-7-13(3-4-17(16)22)8-21(20-24-15(10-28-19)11-29-20)6-5-14(9-21)25-31(2,26)27/h3-4,7,11,14,25H,5-6,8-10H2,1-2H3/t14-,21+/m0/s1. The second kappa shape index (κ2) is 7.39. The van der Waals surface area contributed by atoms with Crippen molar-refractivity contribution in [1.29, 1.82) is 0 Å². The molecule has 1 aliphatic heterocycles. The van der Waals surface area contributed by atoms with E-state index in [4.69, 9.17) is 9.15 Å². The molecule has 2 atom stereocenters. The molecule has 3 heterocycles. The zero-order chi connectivity index (χ0) is 21.8. The number of rotatable bonds is 2. The number of hydrogen-bond donors (Lipinski definition) is 1. The first-order chi connectivity index (χ1) is 14.7. The molecule has 31 heavy (non-hydrogen) atoms. The Morgan fingerprint density at radius 1 is 1.32 bits per heavy atom. The van der Waals surface area contributed by atoms with Crippen LogP contribution >= 0.6 is 11.3 Å². The largest absolute Gasteiger partial charge is 0.470 e. The monoisotopic (exact) mass is 463 g/mol. The number of nitrogens with one attached hydrogen (secondary N) is 1. The molecule has 2 aliphatic rings. The summed E-state index contributed by atoms with van der Waals surface area (Å²) >= 11 is 1.39. The highest BCUT2D eigenvalue weighted by molar-refractivity contribution is 7.88. The maximum Gasteiger partial charge on any atom is 0.233 e. The van der Waals surface area contributed by atoms with Gasteiger partial charge in [-0.3, -0.25) is 0 Å². The number of nitrogens with zero attached hydrogens (tertiary/aromatic N) is 2. The Morgan fingerprint density at radius 2 is 2.16 bits per heavy atom. The summed E-state index contributed by atoms with van der Waals surface area (Å²) in [7, 11) is -3.33. The number of thiazole rings is 1. The van der Waals surface area contributed by atoms with Gasteiger partial charge in [0, 0.05) is 11.6 Å². The van der Waals surface area contributed by atoms with E-state index in [1.807, 2.05) is 13.0 Å². The summed E-state index contributed by atoms with van der Waals surface area (Å²) in [5.41, 5.74) is 1.52. The molecule has 3 aromatic rings. The molecular formula is C21H22FN3O4S2. The summed E-state index contributed by atoms with van der Waals surface area (Å²) in [5, 5.41) is 0.785. The van der Waals surface area contributed by atoms with E-state index >= 15 is 0 Å². The first-order valence-electron chi connectivity index (χ1n) is 10.0. The van der Waals surface area contributed by atoms with Crippen LogP contribution in [0, 0.1) is 12.7 Å². The molecule has 1 N–H and O–H groups in total. The van der Waals surface area contributed by atoms with Crippen LogP contribution in [0.1, 0.15) is 41.4 Å². The van der Waals surface area contributed by atoms with E-state index < -0.39 is 15.4 Å². The van der Waals surface area contributed by atoms with Crippen molar-refractivity contribution in [3.63, 3.8) is 0 Å². The van der Waals surface area contributed by atoms with Crippen molar-refractivity contribution in [3.05, 3.63) is 52.4 Å². The van der Waals surface area contributed by atoms with Gasteiger partial charge in [0.15, 0.2) is 0 Å². The Kier molecular flexibility index (Phi) is 4.91. The van der Waals surface area contributed by atoms with Gasteiger partial charge in [-0.15, -0.1) is 11.3 Å². The van der Waals surface area contributed by atoms with Crippen LogP contribution in [0.15, 0.2) is 28.9 Å². The predicted molar refractivity (Wildman–Crippen MR) is 114 cm³/mol. The number of fused-ring (bicyclic) bond motifs is 7. The lowest BCUT2D eigenvalue weighted by molar-refractivity contribution is 0.291. The quantitative estimate of drug-likeness (QED) is 0.623. The molecule has 1 aromatic carbocycles. The van der Waals surface area contributed by atoms with Gasteiger partial charge in [-0.1, -0.05) is 6.07 Å². The number of ether oxygens (including phenoxy) is 1. The SMILES string of the molecule is Cc1nc2c(s1)-c1cc(ccc1F)C[C@@]1(CC[C@H](NS(C)(=O)=O)C1)c1nc(co1)CO2. The lowest BCUT2D eigenvalue weighted by Gasteiger charge is -2.26. The third-order valence-corrected chi connectivity index (χ3v) is 7.62. The normalized spacial score (nSPS) is 23.1. The molecule has 2 aromatic heterocycles. The number of halogens is 1. The van der Waals surface area contributed by atoms with E-state index in [2.05, 4.69) is 14.7 Å². The molecule has 5 rings (SSSR count). The van der Waals surface area contributed by atoms with Gasteiger partial charge in [0.2, 0.25) is 21.8 Å². The molecule has 10 heteroatoms. The van der Waals surface area contributed by atoms with Gasteiger partial charge in [0.25, 0.3) is 0 Å². The first kappa shape index (κ1) is 20.6. The molecule has 0 unspecified atom stereocenters. The Labute approximate surface area is 183 Å². The van der Waals surface area contributed by atoms with Crippen molar-refractivity contribution >= 4 is 21.4 Å². The van der Waals surface area contributed by atoms with Gasteiger partial charge in [0.1, 0.15) is 29.3 Å². The highest BCUT2D eigenvalue weighted by Crippen LogP contribution is 2.45. The fraction of sp³-hybridized carbons (Fsp3) is 0.429. The minimum atomic E-state index is -3.33. The third kappa shape index (κ3) is 3.99. The van der Waals surface area contributed by atoms with Gasteiger partial charge in [-0.05, 0) is 50.3 Å². The van der Waals surface area contributed by atoms with Gasteiger partial charge in [-0.25, -0.2) is 27.5 Å². The third-order valence-electron chi connectivity index (χ3n) is 5.87. The van der Waals surface area contributed by atoms with Crippen molar-refractivity contribution in [2.24, 2.45) is 0 Å². The van der Waals surface area contributed by atoms with Gasteiger partial charge >= 0.3 is 0 Å². The number of benzene rings is 1. The zero-order valence-electron chi connectivity index (χ0n) is 17.1. The van der Waals surface area contributed by atoms with E-state index in [1.165, 1.54) is 23.7 Å². The molecule has 1 aliphatic carbocycles. The van der Waals surface area contributed by atoms with Crippen molar-refractivity contribution in [2.45, 2.75) is 50.7 Å². The van der Waals surface area contributed by atoms with E-state index in [0.29, 0.717) is 53.6 Å². The molecular weight excluding hydrogens is 441 g/mol. The Morgan fingerprint density at radius 3 is 2.97 bits per heavy atom. The molecule has 0 amide bonds. The van der Waals surface area contributed by atoms with Crippen LogP contribution in [0.5, 0.6) is 5.88 Å². The summed E-state index contributed by atoms with van der Waals surface area (Å²) in [6.07, 6.45) is 5.24. The Bertz CT molecular complexity index is 1250. The number of oxazole rings is 1. The minimum absolute atomic E-state index is 0.155. The number of aromatic nitrogens is 2. The van der Waals surface area contributed by atoms with Gasteiger partial charge < -0.3 is 9.15 Å². The second-order valence-electron chi connectivity index (χ2n) is 8.40. The smallest absolute Gasteiger partial charge is 0.233 e. The minimum Gasteiger partial charge on any atom is -0.470 e. The van der Waals surface area contributed by atoms with Crippen LogP contribution in [-0.2, 0) is 28.5 Å². The summed E-state index contributed by atoms with van der Waals surface area (Å²) < 4.78 is 52.8. The van der Waals surface area contributed by atoms with Crippen LogP contribution in [0.25, 0.3) is 10.4 Å². The van der Waals surface area contributed by atoms with E-state index in [0.717, 1.165) is 10.6 Å². The van der Waals surface area contributed by atoms with E-state index in [1.54, 1.807) is 12.3 Å². The van der Waals surface area contributed by atoms with Crippen LogP contribution in [0.3, 0.4) is 0 Å². The molecule has 4 bridgehead atoms. The summed E-state index contributed by atoms with van der Waals surface area (Å²) in [5.74, 6) is 0.615. The van der Waals surface area contributed by atoms with E-state index in [9.17, 15) is 12.8 Å². The topological polar surface area (TPSA) is 94.3 Å². The molecule has 0 radical (unpaired) electrons.